The van der Waals surface area contributed by atoms with Gasteiger partial charge in [-0.25, -0.2) is 4.79 Å². The normalized spacial score (nSPS) is 20.2. The van der Waals surface area contributed by atoms with Crippen LogP contribution in [0.1, 0.15) is 24.0 Å². The molecule has 0 aromatic heterocycles. The number of hydrogen-bond acceptors (Lipinski definition) is 6. The molecular formula is C25H26Cl2N2O7. The number of nitrogens with one attached hydrogen (secondary N) is 1. The Kier molecular flexibility index (Phi) is 8.68. The lowest BCUT2D eigenvalue weighted by molar-refractivity contribution is -0.146. The number of carbonyl (C=O) groups excluding carboxylic acids is 2. The number of likely N-dealkylation sites (tertiary alicyclic amines) is 1. The highest BCUT2D eigenvalue weighted by molar-refractivity contribution is 6.35. The lowest BCUT2D eigenvalue weighted by Gasteiger charge is -2.23. The van der Waals surface area contributed by atoms with Crippen molar-refractivity contribution in [3.63, 3.8) is 0 Å². The largest absolute Gasteiger partial charge is 0.489 e. The van der Waals surface area contributed by atoms with E-state index in [-0.39, 0.29) is 25.7 Å². The maximum Gasteiger partial charge on any atom is 0.326 e. The standard InChI is InChI=1S/C25H26Cl2N2O7/c26-18-4-3-5-19(27)17(18)13-34-16-8-6-15(7-9-16)12-20(25(32)33)28-23(30)21-22(36-14-35-21)24(31)29-10-1-2-11-29/h3-9,20-22H,1-2,10-14H2,(H,28,30)(H,32,33). The molecule has 2 heterocycles. The third-order valence-corrected chi connectivity index (χ3v) is 6.82. The van der Waals surface area contributed by atoms with Crippen LogP contribution in [0.3, 0.4) is 0 Å². The van der Waals surface area contributed by atoms with Crippen molar-refractivity contribution < 1.29 is 33.7 Å². The Morgan fingerprint density at radius 1 is 1.03 bits per heavy atom. The van der Waals surface area contributed by atoms with Gasteiger partial charge in [-0.05, 0) is 42.7 Å². The number of hydrogen-bond donors (Lipinski definition) is 2. The molecule has 0 saturated carbocycles. The summed E-state index contributed by atoms with van der Waals surface area (Å²) in [6.45, 7) is 1.18. The fraction of sp³-hybridized carbons (Fsp3) is 0.400. The lowest BCUT2D eigenvalue weighted by Crippen LogP contribution is -2.52. The smallest absolute Gasteiger partial charge is 0.326 e. The van der Waals surface area contributed by atoms with Crippen molar-refractivity contribution in [2.75, 3.05) is 19.9 Å². The van der Waals surface area contributed by atoms with Crippen LogP contribution in [-0.2, 0) is 36.9 Å². The minimum absolute atomic E-state index is 0.0238. The summed E-state index contributed by atoms with van der Waals surface area (Å²) in [5.41, 5.74) is 1.33. The number of amides is 2. The molecule has 2 amide bonds. The minimum atomic E-state index is -1.22. The Labute approximate surface area is 218 Å². The first-order valence-electron chi connectivity index (χ1n) is 11.5. The van der Waals surface area contributed by atoms with Crippen LogP contribution >= 0.6 is 23.2 Å². The molecule has 36 heavy (non-hydrogen) atoms. The summed E-state index contributed by atoms with van der Waals surface area (Å²) in [4.78, 5) is 39.0. The summed E-state index contributed by atoms with van der Waals surface area (Å²) in [6.07, 6.45) is -0.465. The van der Waals surface area contributed by atoms with Crippen molar-refractivity contribution in [3.8, 4) is 5.75 Å². The van der Waals surface area contributed by atoms with E-state index in [9.17, 15) is 19.5 Å². The van der Waals surface area contributed by atoms with Gasteiger partial charge in [0.25, 0.3) is 11.8 Å². The van der Waals surface area contributed by atoms with E-state index in [1.807, 2.05) is 0 Å². The van der Waals surface area contributed by atoms with E-state index < -0.39 is 30.1 Å². The molecule has 3 atom stereocenters. The fourth-order valence-electron chi connectivity index (χ4n) is 4.13. The summed E-state index contributed by atoms with van der Waals surface area (Å²) in [5, 5.41) is 13.2. The zero-order valence-corrected chi connectivity index (χ0v) is 20.8. The molecule has 0 radical (unpaired) electrons. The van der Waals surface area contributed by atoms with E-state index in [0.29, 0.717) is 40.0 Å². The van der Waals surface area contributed by atoms with Crippen molar-refractivity contribution in [2.45, 2.75) is 44.1 Å². The fourth-order valence-corrected chi connectivity index (χ4v) is 4.64. The molecule has 2 aliphatic rings. The van der Waals surface area contributed by atoms with Gasteiger partial charge in [-0.1, -0.05) is 41.4 Å². The zero-order valence-electron chi connectivity index (χ0n) is 19.3. The SMILES string of the molecule is O=C(O)C(Cc1ccc(OCc2c(Cl)cccc2Cl)cc1)NC(=O)C1OCOC1C(=O)N1CCCC1. The third-order valence-electron chi connectivity index (χ3n) is 6.11. The molecule has 2 aromatic carbocycles. The van der Waals surface area contributed by atoms with Crippen LogP contribution in [0.4, 0.5) is 0 Å². The van der Waals surface area contributed by atoms with Crippen LogP contribution in [0.2, 0.25) is 10.0 Å². The molecule has 11 heteroatoms. The highest BCUT2D eigenvalue weighted by Crippen LogP contribution is 2.26. The molecule has 2 N–H and O–H groups in total. The maximum absolute atomic E-state index is 12.8. The first-order valence-corrected chi connectivity index (χ1v) is 12.3. The number of nitrogens with zero attached hydrogens (tertiary/aromatic N) is 1. The highest BCUT2D eigenvalue weighted by Gasteiger charge is 2.43. The van der Waals surface area contributed by atoms with Crippen LogP contribution in [0, 0.1) is 0 Å². The van der Waals surface area contributed by atoms with Gasteiger partial charge >= 0.3 is 5.97 Å². The number of carboxylic acids is 1. The lowest BCUT2D eigenvalue weighted by atomic mass is 10.0. The Morgan fingerprint density at radius 3 is 2.31 bits per heavy atom. The highest BCUT2D eigenvalue weighted by atomic mass is 35.5. The van der Waals surface area contributed by atoms with Gasteiger partial charge in [0, 0.05) is 35.1 Å². The number of rotatable bonds is 9. The summed E-state index contributed by atoms with van der Waals surface area (Å²) in [5.74, 6) is -1.68. The summed E-state index contributed by atoms with van der Waals surface area (Å²) < 4.78 is 16.4. The van der Waals surface area contributed by atoms with Crippen LogP contribution < -0.4 is 10.1 Å². The van der Waals surface area contributed by atoms with Crippen LogP contribution in [0.5, 0.6) is 5.75 Å². The maximum atomic E-state index is 12.8. The van der Waals surface area contributed by atoms with Gasteiger partial charge in [-0.15, -0.1) is 0 Å². The zero-order chi connectivity index (χ0) is 25.7. The number of benzene rings is 2. The first-order chi connectivity index (χ1) is 17.3. The molecule has 2 saturated heterocycles. The monoisotopic (exact) mass is 536 g/mol. The topological polar surface area (TPSA) is 114 Å². The Balaban J connectivity index is 1.34. The summed E-state index contributed by atoms with van der Waals surface area (Å²) >= 11 is 12.3. The molecule has 0 aliphatic carbocycles. The van der Waals surface area contributed by atoms with Gasteiger partial charge < -0.3 is 29.5 Å². The average Bonchev–Trinajstić information content (AvgIpc) is 3.56. The second-order valence-electron chi connectivity index (χ2n) is 8.56. The molecule has 9 nitrogen and oxygen atoms in total. The second-order valence-corrected chi connectivity index (χ2v) is 9.38. The molecule has 2 fully saturated rings. The van der Waals surface area contributed by atoms with Gasteiger partial charge in [0.1, 0.15) is 25.2 Å². The van der Waals surface area contributed by atoms with Crippen molar-refractivity contribution in [3.05, 3.63) is 63.6 Å². The Hall–Kier alpha value is -2.85. The average molecular weight is 537 g/mol. The number of halogens is 2. The number of ether oxygens (including phenoxy) is 3. The van der Waals surface area contributed by atoms with Gasteiger partial charge in [-0.2, -0.15) is 0 Å². The molecule has 4 rings (SSSR count). The number of carbonyl (C=O) groups is 3. The van der Waals surface area contributed by atoms with Crippen LogP contribution in [0.25, 0.3) is 0 Å². The molecule has 192 valence electrons. The van der Waals surface area contributed by atoms with Gasteiger partial charge in [-0.3, -0.25) is 9.59 Å². The van der Waals surface area contributed by atoms with E-state index in [4.69, 9.17) is 37.4 Å². The van der Waals surface area contributed by atoms with Crippen LogP contribution in [0.15, 0.2) is 42.5 Å². The first kappa shape index (κ1) is 26.2. The van der Waals surface area contributed by atoms with E-state index >= 15 is 0 Å². The predicted octanol–water partition coefficient (Wildman–Crippen LogP) is 3.05. The van der Waals surface area contributed by atoms with Gasteiger partial charge in [0.15, 0.2) is 12.2 Å². The van der Waals surface area contributed by atoms with E-state index in [0.717, 1.165) is 12.8 Å². The predicted molar refractivity (Wildman–Crippen MR) is 131 cm³/mol. The summed E-state index contributed by atoms with van der Waals surface area (Å²) in [6, 6.07) is 10.8. The molecule has 2 aromatic rings. The van der Waals surface area contributed by atoms with E-state index in [1.165, 1.54) is 0 Å². The number of aliphatic carboxylic acids is 1. The van der Waals surface area contributed by atoms with Crippen molar-refractivity contribution in [1.29, 1.82) is 0 Å². The van der Waals surface area contributed by atoms with E-state index in [2.05, 4.69) is 5.32 Å². The molecule has 0 spiro atoms. The Bertz CT molecular complexity index is 1090. The van der Waals surface area contributed by atoms with Gasteiger partial charge in [0.05, 0.1) is 0 Å². The molecule has 3 unspecified atom stereocenters. The van der Waals surface area contributed by atoms with Gasteiger partial charge in [0.2, 0.25) is 0 Å². The van der Waals surface area contributed by atoms with E-state index in [1.54, 1.807) is 47.4 Å². The number of carboxylic acid groups (broad SMARTS) is 1. The quantitative estimate of drug-likeness (QED) is 0.506. The van der Waals surface area contributed by atoms with Crippen LogP contribution in [-0.4, -0.2) is 65.9 Å². The third kappa shape index (κ3) is 6.28. The second kappa shape index (κ2) is 11.9. The molecule has 2 aliphatic heterocycles. The Morgan fingerprint density at radius 2 is 1.67 bits per heavy atom. The minimum Gasteiger partial charge on any atom is -0.489 e. The molecule has 0 bridgehead atoms. The van der Waals surface area contributed by atoms with Crippen molar-refractivity contribution in [2.24, 2.45) is 0 Å². The molecular weight excluding hydrogens is 511 g/mol. The van der Waals surface area contributed by atoms with Crippen molar-refractivity contribution in [1.82, 2.24) is 10.2 Å². The summed E-state index contributed by atoms with van der Waals surface area (Å²) in [7, 11) is 0. The van der Waals surface area contributed by atoms with Crippen molar-refractivity contribution >= 4 is 41.0 Å².